The molecule has 0 radical (unpaired) electrons. The first-order chi connectivity index (χ1) is 14.7. The number of aromatic nitrogens is 3. The third-order valence-corrected chi connectivity index (χ3v) is 6.22. The fourth-order valence-corrected chi connectivity index (χ4v) is 4.84. The number of esters is 1. The van der Waals surface area contributed by atoms with Gasteiger partial charge in [0, 0.05) is 25.2 Å². The molecule has 0 spiro atoms. The van der Waals surface area contributed by atoms with Crippen molar-refractivity contribution in [3.63, 3.8) is 0 Å². The highest BCUT2D eigenvalue weighted by atomic mass is 32.1. The number of imidazole rings is 1. The lowest BCUT2D eigenvalue weighted by molar-refractivity contribution is -0.189. The van der Waals surface area contributed by atoms with E-state index >= 15 is 0 Å². The van der Waals surface area contributed by atoms with Gasteiger partial charge in [-0.1, -0.05) is 11.3 Å². The van der Waals surface area contributed by atoms with Gasteiger partial charge in [-0.2, -0.15) is 18.4 Å². The van der Waals surface area contributed by atoms with Gasteiger partial charge < -0.3 is 14.4 Å². The van der Waals surface area contributed by atoms with Crippen LogP contribution in [0.3, 0.4) is 0 Å². The topological polar surface area (TPSA) is 104 Å². The molecule has 4 rings (SSSR count). The number of alkyl halides is 3. The van der Waals surface area contributed by atoms with E-state index in [1.807, 2.05) is 9.47 Å². The maximum atomic E-state index is 12.6. The number of nitrogens with zero attached hydrogens (tertiary/aromatic N) is 5. The molecule has 1 aliphatic rings. The van der Waals surface area contributed by atoms with Gasteiger partial charge in [-0.3, -0.25) is 9.88 Å². The number of aliphatic hydroxyl groups is 1. The van der Waals surface area contributed by atoms with Crippen molar-refractivity contribution in [2.75, 3.05) is 19.6 Å². The van der Waals surface area contributed by atoms with Crippen molar-refractivity contribution in [3.8, 4) is 11.1 Å². The molecule has 3 aromatic heterocycles. The molecular formula is C19H18F3N5O3S. The van der Waals surface area contributed by atoms with E-state index in [0.29, 0.717) is 46.7 Å². The molecule has 1 N–H and O–H groups in total. The highest BCUT2D eigenvalue weighted by Crippen LogP contribution is 2.40. The molecule has 1 saturated heterocycles. The Hall–Kier alpha value is -2.75. The van der Waals surface area contributed by atoms with Gasteiger partial charge in [-0.15, -0.1) is 0 Å². The van der Waals surface area contributed by atoms with Crippen LogP contribution < -0.4 is 4.74 Å². The zero-order valence-corrected chi connectivity index (χ0v) is 17.2. The summed E-state index contributed by atoms with van der Waals surface area (Å²) in [5.41, 5.74) is 1.51. The Balaban J connectivity index is 1.78. The zero-order chi connectivity index (χ0) is 22.3. The number of fused-ring (bicyclic) bond motifs is 3. The Labute approximate surface area is 178 Å². The van der Waals surface area contributed by atoms with Gasteiger partial charge in [-0.05, 0) is 19.8 Å². The number of aliphatic hydroxyl groups excluding tert-OH is 1. The third-order valence-electron chi connectivity index (χ3n) is 5.21. The van der Waals surface area contributed by atoms with Crippen LogP contribution in [0.15, 0.2) is 12.3 Å². The van der Waals surface area contributed by atoms with Crippen molar-refractivity contribution in [1.29, 1.82) is 5.26 Å². The number of likely N-dealkylation sites (tertiary alicyclic amines) is 1. The summed E-state index contributed by atoms with van der Waals surface area (Å²) in [5, 5.41) is 19.0. The summed E-state index contributed by atoms with van der Waals surface area (Å²) in [6, 6.07) is 3.41. The summed E-state index contributed by atoms with van der Waals surface area (Å²) in [5.74, 6) is -1.86. The van der Waals surface area contributed by atoms with Crippen molar-refractivity contribution in [1.82, 2.24) is 19.4 Å². The van der Waals surface area contributed by atoms with E-state index in [-0.39, 0.29) is 11.1 Å². The van der Waals surface area contributed by atoms with Gasteiger partial charge in [0.2, 0.25) is 0 Å². The minimum absolute atomic E-state index is 0.0154. The van der Waals surface area contributed by atoms with Crippen LogP contribution in [0.5, 0.6) is 5.06 Å². The first kappa shape index (κ1) is 21.5. The van der Waals surface area contributed by atoms with E-state index in [2.05, 4.69) is 20.8 Å². The highest BCUT2D eigenvalue weighted by molar-refractivity contribution is 7.21. The fourth-order valence-electron chi connectivity index (χ4n) is 3.84. The van der Waals surface area contributed by atoms with Crippen molar-refractivity contribution >= 4 is 38.6 Å². The maximum absolute atomic E-state index is 12.6. The molecule has 0 amide bonds. The van der Waals surface area contributed by atoms with E-state index in [4.69, 9.17) is 5.26 Å². The number of halogens is 3. The Morgan fingerprint density at radius 1 is 1.42 bits per heavy atom. The number of pyridine rings is 1. The molecule has 1 aliphatic heterocycles. The SMILES string of the molecule is C[C@@H](O)c1nc2cnc3cc(OC(=O)C(F)(F)F)sc3c2n1C1CCN(CC#N)CC1. The molecular weight excluding hydrogens is 435 g/mol. The summed E-state index contributed by atoms with van der Waals surface area (Å²) in [6.45, 7) is 3.33. The molecule has 0 saturated carbocycles. The first-order valence-corrected chi connectivity index (χ1v) is 10.4. The van der Waals surface area contributed by atoms with Crippen LogP contribution in [-0.2, 0) is 4.79 Å². The zero-order valence-electron chi connectivity index (χ0n) is 16.4. The molecule has 0 bridgehead atoms. The standard InChI is InChI=1S/C19H18F3N5O3S/c1-10(28)17-25-13-9-24-12-8-14(30-18(29)19(20,21)22)31-16(12)15(13)27(17)11-2-5-26(6-3-11)7-4-23/h8-11,28H,2-3,5-7H2,1H3/t10-/m1/s1. The van der Waals surface area contributed by atoms with Crippen LogP contribution in [-0.4, -0.2) is 56.3 Å². The van der Waals surface area contributed by atoms with Gasteiger partial charge in [0.15, 0.2) is 5.06 Å². The lowest BCUT2D eigenvalue weighted by Gasteiger charge is -2.32. The van der Waals surface area contributed by atoms with Gasteiger partial charge in [-0.25, -0.2) is 9.78 Å². The number of hydrogen-bond donors (Lipinski definition) is 1. The predicted molar refractivity (Wildman–Crippen MR) is 106 cm³/mol. The second-order valence-corrected chi connectivity index (χ2v) is 8.36. The molecule has 0 aliphatic carbocycles. The number of piperidine rings is 1. The maximum Gasteiger partial charge on any atom is 0.491 e. The molecule has 12 heteroatoms. The number of ether oxygens (including phenoxy) is 1. The Morgan fingerprint density at radius 3 is 2.74 bits per heavy atom. The van der Waals surface area contributed by atoms with E-state index in [1.165, 1.54) is 12.3 Å². The molecule has 0 aromatic carbocycles. The highest BCUT2D eigenvalue weighted by Gasteiger charge is 2.41. The number of thiophene rings is 1. The van der Waals surface area contributed by atoms with Crippen LogP contribution in [0, 0.1) is 11.3 Å². The quantitative estimate of drug-likeness (QED) is 0.477. The van der Waals surface area contributed by atoms with Gasteiger partial charge in [0.05, 0.1) is 34.5 Å². The van der Waals surface area contributed by atoms with E-state index < -0.39 is 18.2 Å². The van der Waals surface area contributed by atoms with Crippen molar-refractivity contribution < 1.29 is 27.8 Å². The summed E-state index contributed by atoms with van der Waals surface area (Å²) in [6.07, 6.45) is -3.04. The van der Waals surface area contributed by atoms with Gasteiger partial charge in [0.1, 0.15) is 17.4 Å². The lowest BCUT2D eigenvalue weighted by Crippen LogP contribution is -2.35. The number of carbonyl (C=O) groups excluding carboxylic acids is 1. The molecule has 1 atom stereocenters. The Morgan fingerprint density at radius 2 is 2.13 bits per heavy atom. The third kappa shape index (κ3) is 4.08. The molecule has 1 fully saturated rings. The molecule has 0 unspecified atom stereocenters. The van der Waals surface area contributed by atoms with Gasteiger partial charge in [0.25, 0.3) is 0 Å². The summed E-state index contributed by atoms with van der Waals surface area (Å²) < 4.78 is 44.7. The van der Waals surface area contributed by atoms with E-state index in [9.17, 15) is 23.1 Å². The van der Waals surface area contributed by atoms with Crippen molar-refractivity contribution in [3.05, 3.63) is 18.1 Å². The Kier molecular flexibility index (Phi) is 5.59. The van der Waals surface area contributed by atoms with Crippen LogP contribution >= 0.6 is 11.3 Å². The summed E-state index contributed by atoms with van der Waals surface area (Å²) in [4.78, 5) is 22.0. The minimum atomic E-state index is -5.10. The second kappa shape index (κ2) is 8.07. The molecule has 31 heavy (non-hydrogen) atoms. The first-order valence-electron chi connectivity index (χ1n) is 9.55. The average molecular weight is 453 g/mol. The van der Waals surface area contributed by atoms with E-state index in [0.717, 1.165) is 24.2 Å². The monoisotopic (exact) mass is 453 g/mol. The van der Waals surface area contributed by atoms with Gasteiger partial charge >= 0.3 is 12.1 Å². The van der Waals surface area contributed by atoms with Crippen LogP contribution in [0.1, 0.15) is 37.7 Å². The number of hydrogen-bond acceptors (Lipinski definition) is 8. The number of carbonyl (C=O) groups is 1. The summed E-state index contributed by atoms with van der Waals surface area (Å²) in [7, 11) is 0. The smallest absolute Gasteiger partial charge is 0.409 e. The molecule has 3 aromatic rings. The summed E-state index contributed by atoms with van der Waals surface area (Å²) >= 11 is 0.882. The lowest BCUT2D eigenvalue weighted by atomic mass is 10.0. The minimum Gasteiger partial charge on any atom is -0.409 e. The molecule has 164 valence electrons. The average Bonchev–Trinajstić information content (AvgIpc) is 3.29. The fraction of sp³-hybridized carbons (Fsp3) is 0.474. The van der Waals surface area contributed by atoms with E-state index in [1.54, 1.807) is 6.92 Å². The number of rotatable bonds is 4. The largest absolute Gasteiger partial charge is 0.491 e. The number of nitriles is 1. The van der Waals surface area contributed by atoms with Crippen molar-refractivity contribution in [2.45, 2.75) is 38.1 Å². The normalized spacial score (nSPS) is 17.2. The predicted octanol–water partition coefficient (Wildman–Crippen LogP) is 3.33. The van der Waals surface area contributed by atoms with Crippen LogP contribution in [0.4, 0.5) is 13.2 Å². The van der Waals surface area contributed by atoms with Crippen molar-refractivity contribution in [2.24, 2.45) is 0 Å². The Bertz CT molecular complexity index is 1170. The van der Waals surface area contributed by atoms with Crippen LogP contribution in [0.25, 0.3) is 21.3 Å². The van der Waals surface area contributed by atoms with Crippen LogP contribution in [0.2, 0.25) is 0 Å². The molecule has 4 heterocycles. The second-order valence-electron chi connectivity index (χ2n) is 7.34. The molecule has 8 nitrogen and oxygen atoms in total.